The summed E-state index contributed by atoms with van der Waals surface area (Å²) in [6.45, 7) is 0. The van der Waals surface area contributed by atoms with Crippen molar-refractivity contribution in [3.05, 3.63) is 166 Å². The fraction of sp³-hybridized carbons (Fsp3) is 0.0526. The fourth-order valence-electron chi connectivity index (χ4n) is 6.71. The van der Waals surface area contributed by atoms with E-state index >= 15 is 0 Å². The summed E-state index contributed by atoms with van der Waals surface area (Å²) in [6.07, 6.45) is 1.65. The van der Waals surface area contributed by atoms with Gasteiger partial charge in [0.2, 0.25) is 0 Å². The second kappa shape index (κ2) is 10.8. The number of halogens is 2. The topological polar surface area (TPSA) is 18.5 Å². The number of benzene rings is 6. The van der Waals surface area contributed by atoms with Crippen LogP contribution in [0.1, 0.15) is 22.3 Å². The molecule has 6 aromatic carbocycles. The van der Waals surface area contributed by atoms with Crippen LogP contribution < -0.4 is 12.2 Å². The molecular weight excluding hydrogens is 651 g/mol. The molecule has 0 spiro atoms. The van der Waals surface area contributed by atoms with Crippen LogP contribution in [0.3, 0.4) is 0 Å². The maximum absolute atomic E-state index is 7.41. The van der Waals surface area contributed by atoms with E-state index in [2.05, 4.69) is 84.9 Å². The van der Waals surface area contributed by atoms with Crippen LogP contribution in [0.15, 0.2) is 133 Å². The van der Waals surface area contributed by atoms with Gasteiger partial charge in [0.1, 0.15) is 0 Å². The predicted octanol–water partition coefficient (Wildman–Crippen LogP) is 9.23. The molecule has 208 valence electrons. The van der Waals surface area contributed by atoms with E-state index in [0.29, 0.717) is 21.5 Å². The van der Waals surface area contributed by atoms with Gasteiger partial charge in [0.15, 0.2) is 0 Å². The average Bonchev–Trinajstić information content (AvgIpc) is 3.59. The molecule has 0 fully saturated rings. The zero-order valence-electron chi connectivity index (χ0n) is 23.2. The van der Waals surface area contributed by atoms with Crippen molar-refractivity contribution in [2.75, 3.05) is 0 Å². The standard InChI is InChI=1S/2C13H9.2C6H5ClO.Zr/c2*1-3-7-12-10(5-1)9-11-6-2-4-8-13(11)12;2*7-5-2-1-3-6(8)4-5;/h2*1-5,7-8H,9H2;2*1-4,8H;/q;;;;+2/p-2. The molecule has 43 heavy (non-hydrogen) atoms. The molecular formula is C38H26Cl2O2Zr. The van der Waals surface area contributed by atoms with Gasteiger partial charge >= 0.3 is 269 Å². The van der Waals surface area contributed by atoms with Gasteiger partial charge < -0.3 is 0 Å². The molecule has 0 saturated carbocycles. The van der Waals surface area contributed by atoms with E-state index in [1.54, 1.807) is 0 Å². The zero-order valence-corrected chi connectivity index (χ0v) is 27.2. The first-order chi connectivity index (χ1) is 21.1. The molecule has 0 atom stereocenters. The molecule has 0 saturated heterocycles. The molecule has 0 bridgehead atoms. The van der Waals surface area contributed by atoms with Crippen LogP contribution in [-0.2, 0) is 34.0 Å². The van der Waals surface area contributed by atoms with Crippen LogP contribution >= 0.6 is 23.2 Å². The first-order valence-electron chi connectivity index (χ1n) is 14.4. The van der Waals surface area contributed by atoms with Crippen LogP contribution in [0.5, 0.6) is 11.5 Å². The van der Waals surface area contributed by atoms with Gasteiger partial charge in [0.25, 0.3) is 0 Å². The Kier molecular flexibility index (Phi) is 6.79. The maximum atomic E-state index is 7.41. The summed E-state index contributed by atoms with van der Waals surface area (Å²) >= 11 is 8.36. The van der Waals surface area contributed by atoms with Crippen molar-refractivity contribution in [2.24, 2.45) is 0 Å². The summed E-state index contributed by atoms with van der Waals surface area (Å²) in [7, 11) is 0. The summed E-state index contributed by atoms with van der Waals surface area (Å²) < 4.78 is 17.1. The molecule has 0 aromatic heterocycles. The number of hydrogen-bond acceptors (Lipinski definition) is 2. The number of fused-ring (bicyclic) bond motifs is 6. The first kappa shape index (κ1) is 27.0. The van der Waals surface area contributed by atoms with E-state index in [1.165, 1.54) is 44.5 Å². The Morgan fingerprint density at radius 1 is 0.442 bits per heavy atom. The van der Waals surface area contributed by atoms with Crippen molar-refractivity contribution >= 4 is 29.7 Å². The zero-order chi connectivity index (χ0) is 29.0. The van der Waals surface area contributed by atoms with Gasteiger partial charge in [-0.2, -0.15) is 0 Å². The monoisotopic (exact) mass is 674 g/mol. The Morgan fingerprint density at radius 2 is 0.860 bits per heavy atom. The molecule has 0 amide bonds. The number of rotatable bonds is 6. The van der Waals surface area contributed by atoms with Gasteiger partial charge in [0.05, 0.1) is 0 Å². The molecule has 8 rings (SSSR count). The van der Waals surface area contributed by atoms with Gasteiger partial charge in [-0.15, -0.1) is 0 Å². The summed E-state index contributed by atoms with van der Waals surface area (Å²) in [4.78, 5) is 0. The van der Waals surface area contributed by atoms with Gasteiger partial charge in [0, 0.05) is 0 Å². The third-order valence-electron chi connectivity index (χ3n) is 8.53. The van der Waals surface area contributed by atoms with Crippen molar-refractivity contribution in [2.45, 2.75) is 12.8 Å². The SMILES string of the molecule is Clc1cccc([O][Zr]([O]c2cccc(Cl)c2)([c]2cccc3c2Cc2ccccc2-3)[c]2cccc3c2Cc2ccccc2-3)c1. The Bertz CT molecular complexity index is 1890. The second-order valence-corrected chi connectivity index (χ2v) is 18.6. The number of hydrogen-bond donors (Lipinski definition) is 0. The van der Waals surface area contributed by atoms with Crippen molar-refractivity contribution in [3.63, 3.8) is 0 Å². The average molecular weight is 677 g/mol. The Labute approximate surface area is 267 Å². The van der Waals surface area contributed by atoms with Crippen LogP contribution in [-0.4, -0.2) is 0 Å². The molecule has 5 heteroatoms. The van der Waals surface area contributed by atoms with E-state index in [0.717, 1.165) is 19.4 Å². The summed E-state index contributed by atoms with van der Waals surface area (Å²) in [5.74, 6) is 1.40. The summed E-state index contributed by atoms with van der Waals surface area (Å²) in [5, 5.41) is 1.24. The van der Waals surface area contributed by atoms with Crippen LogP contribution in [0.4, 0.5) is 0 Å². The van der Waals surface area contributed by atoms with Crippen LogP contribution in [0.25, 0.3) is 22.3 Å². The Hall–Kier alpha value is -3.62. The van der Waals surface area contributed by atoms with E-state index < -0.39 is 21.1 Å². The van der Waals surface area contributed by atoms with Crippen molar-refractivity contribution in [1.82, 2.24) is 0 Å². The normalized spacial score (nSPS) is 12.7. The second-order valence-electron chi connectivity index (χ2n) is 11.1. The third-order valence-corrected chi connectivity index (χ3v) is 17.4. The minimum absolute atomic E-state index is 0.622. The van der Waals surface area contributed by atoms with E-state index in [4.69, 9.17) is 28.8 Å². The fourth-order valence-corrected chi connectivity index (χ4v) is 15.8. The van der Waals surface area contributed by atoms with Crippen LogP contribution in [0.2, 0.25) is 10.0 Å². The molecule has 2 aliphatic rings. The quantitative estimate of drug-likeness (QED) is 0.175. The van der Waals surface area contributed by atoms with Crippen molar-refractivity contribution in [3.8, 4) is 33.8 Å². The molecule has 0 radical (unpaired) electrons. The molecule has 0 aliphatic heterocycles. The molecule has 0 unspecified atom stereocenters. The molecule has 0 heterocycles. The summed E-state index contributed by atoms with van der Waals surface area (Å²) in [6, 6.07) is 45.9. The summed E-state index contributed by atoms with van der Waals surface area (Å²) in [5.41, 5.74) is 10.2. The Balaban J connectivity index is 1.44. The van der Waals surface area contributed by atoms with Gasteiger partial charge in [-0.05, 0) is 0 Å². The molecule has 6 aromatic rings. The predicted molar refractivity (Wildman–Crippen MR) is 173 cm³/mol. The van der Waals surface area contributed by atoms with Gasteiger partial charge in [-0.3, -0.25) is 0 Å². The van der Waals surface area contributed by atoms with Crippen LogP contribution in [0, 0.1) is 0 Å². The molecule has 2 aliphatic carbocycles. The molecule has 2 nitrogen and oxygen atoms in total. The van der Waals surface area contributed by atoms with E-state index in [9.17, 15) is 0 Å². The van der Waals surface area contributed by atoms with Gasteiger partial charge in [-0.1, -0.05) is 0 Å². The van der Waals surface area contributed by atoms with E-state index in [1.807, 2.05) is 48.5 Å². The Morgan fingerprint density at radius 3 is 1.33 bits per heavy atom. The van der Waals surface area contributed by atoms with E-state index in [-0.39, 0.29) is 0 Å². The minimum atomic E-state index is -4.72. The van der Waals surface area contributed by atoms with Crippen molar-refractivity contribution in [1.29, 1.82) is 0 Å². The van der Waals surface area contributed by atoms with Gasteiger partial charge in [-0.25, -0.2) is 0 Å². The first-order valence-corrected chi connectivity index (χ1v) is 19.6. The molecule has 0 N–H and O–H groups in total. The van der Waals surface area contributed by atoms with Crippen molar-refractivity contribution < 1.29 is 26.8 Å². The third kappa shape index (κ3) is 4.66.